The van der Waals surface area contributed by atoms with Crippen molar-refractivity contribution in [2.45, 2.75) is 18.9 Å². The van der Waals surface area contributed by atoms with Gasteiger partial charge in [-0.25, -0.2) is 9.78 Å². The monoisotopic (exact) mass is 412 g/mol. The molecule has 3 amide bonds. The second-order valence-corrected chi connectivity index (χ2v) is 7.74. The maximum atomic E-state index is 12.3. The number of amides is 3. The number of hydrogen-bond donors (Lipinski definition) is 1. The van der Waals surface area contributed by atoms with Gasteiger partial charge in [-0.2, -0.15) is 0 Å². The molecule has 1 aromatic heterocycles. The Bertz CT molecular complexity index is 695. The zero-order valence-corrected chi connectivity index (χ0v) is 16.3. The number of carbonyl (C=O) groups is 3. The summed E-state index contributed by atoms with van der Waals surface area (Å²) in [6.45, 7) is 2.32. The van der Waals surface area contributed by atoms with Crippen molar-refractivity contribution in [3.63, 3.8) is 0 Å². The molecule has 0 aromatic carbocycles. The smallest absolute Gasteiger partial charge is 0.410 e. The molecular formula is C17H21ClN4O4S. The summed E-state index contributed by atoms with van der Waals surface area (Å²) < 4.78 is 4.97. The Balaban J connectivity index is 1.34. The van der Waals surface area contributed by atoms with E-state index >= 15 is 0 Å². The predicted molar refractivity (Wildman–Crippen MR) is 103 cm³/mol. The van der Waals surface area contributed by atoms with Gasteiger partial charge in [0.15, 0.2) is 0 Å². The van der Waals surface area contributed by atoms with Crippen LogP contribution in [0.15, 0.2) is 18.3 Å². The van der Waals surface area contributed by atoms with Crippen LogP contribution in [0, 0.1) is 0 Å². The lowest BCUT2D eigenvalue weighted by Crippen LogP contribution is -2.47. The molecule has 0 radical (unpaired) electrons. The van der Waals surface area contributed by atoms with Crippen LogP contribution >= 0.6 is 23.4 Å². The number of aromatic nitrogens is 1. The van der Waals surface area contributed by atoms with Crippen LogP contribution in [-0.2, 0) is 14.3 Å². The quantitative estimate of drug-likeness (QED) is 0.766. The summed E-state index contributed by atoms with van der Waals surface area (Å²) in [5.74, 6) is 0.650. The Morgan fingerprint density at radius 1 is 1.26 bits per heavy atom. The van der Waals surface area contributed by atoms with Gasteiger partial charge < -0.3 is 19.9 Å². The van der Waals surface area contributed by atoms with Crippen LogP contribution in [-0.4, -0.2) is 76.5 Å². The van der Waals surface area contributed by atoms with E-state index in [0.29, 0.717) is 37.1 Å². The van der Waals surface area contributed by atoms with Gasteiger partial charge in [0.1, 0.15) is 12.4 Å². The van der Waals surface area contributed by atoms with Crippen molar-refractivity contribution in [3.05, 3.63) is 23.4 Å². The molecule has 146 valence electrons. The number of piperidine rings is 1. The molecule has 8 nitrogen and oxygen atoms in total. The first-order valence-electron chi connectivity index (χ1n) is 8.73. The fraction of sp³-hybridized carbons (Fsp3) is 0.529. The van der Waals surface area contributed by atoms with E-state index in [1.54, 1.807) is 21.9 Å². The van der Waals surface area contributed by atoms with E-state index in [4.69, 9.17) is 16.3 Å². The molecule has 3 rings (SSSR count). The highest BCUT2D eigenvalue weighted by molar-refractivity contribution is 8.00. The molecule has 10 heteroatoms. The lowest BCUT2D eigenvalue weighted by molar-refractivity contribution is -0.129. The zero-order valence-electron chi connectivity index (χ0n) is 14.7. The van der Waals surface area contributed by atoms with Crippen LogP contribution in [0.1, 0.15) is 12.8 Å². The Morgan fingerprint density at radius 2 is 2.04 bits per heavy atom. The van der Waals surface area contributed by atoms with Gasteiger partial charge in [-0.3, -0.25) is 9.59 Å². The van der Waals surface area contributed by atoms with Crippen molar-refractivity contribution in [2.75, 3.05) is 43.1 Å². The van der Waals surface area contributed by atoms with Gasteiger partial charge in [-0.05, 0) is 25.0 Å². The van der Waals surface area contributed by atoms with Crippen molar-refractivity contribution in [1.29, 1.82) is 0 Å². The van der Waals surface area contributed by atoms with Crippen molar-refractivity contribution in [3.8, 4) is 0 Å². The van der Waals surface area contributed by atoms with Crippen LogP contribution in [0.25, 0.3) is 0 Å². The number of carbonyl (C=O) groups excluding carboxylic acids is 3. The van der Waals surface area contributed by atoms with Gasteiger partial charge in [0.25, 0.3) is 0 Å². The summed E-state index contributed by atoms with van der Waals surface area (Å²) in [6, 6.07) is 3.41. The number of halogens is 1. The molecule has 0 spiro atoms. The molecule has 2 aliphatic rings. The Morgan fingerprint density at radius 3 is 2.67 bits per heavy atom. The van der Waals surface area contributed by atoms with E-state index in [9.17, 15) is 14.4 Å². The summed E-state index contributed by atoms with van der Waals surface area (Å²) in [5, 5.41) is 3.16. The summed E-state index contributed by atoms with van der Waals surface area (Å²) in [7, 11) is 0. The van der Waals surface area contributed by atoms with Crippen LogP contribution in [0.2, 0.25) is 5.02 Å². The number of nitrogens with zero attached hydrogens (tertiary/aromatic N) is 3. The lowest BCUT2D eigenvalue weighted by atomic mass is 10.0. The number of pyridine rings is 1. The molecule has 1 N–H and O–H groups in total. The molecule has 2 saturated heterocycles. The van der Waals surface area contributed by atoms with Crippen LogP contribution in [0.4, 0.5) is 10.6 Å². The first-order chi connectivity index (χ1) is 13.0. The topological polar surface area (TPSA) is 91.8 Å². The Kier molecular flexibility index (Phi) is 6.78. The van der Waals surface area contributed by atoms with Gasteiger partial charge in [0.05, 0.1) is 23.1 Å². The highest BCUT2D eigenvalue weighted by atomic mass is 35.5. The normalized spacial score (nSPS) is 17.7. The largest absolute Gasteiger partial charge is 0.448 e. The minimum atomic E-state index is -0.253. The second-order valence-electron chi connectivity index (χ2n) is 6.32. The number of rotatable bonds is 6. The third-order valence-electron chi connectivity index (χ3n) is 4.50. The molecule has 0 saturated carbocycles. The minimum absolute atomic E-state index is 0.0138. The third kappa shape index (κ3) is 5.49. The number of cyclic esters (lactones) is 1. The first kappa shape index (κ1) is 19.8. The molecule has 2 fully saturated rings. The highest BCUT2D eigenvalue weighted by Gasteiger charge is 2.33. The molecule has 0 bridgehead atoms. The van der Waals surface area contributed by atoms with Crippen molar-refractivity contribution >= 4 is 47.1 Å². The lowest BCUT2D eigenvalue weighted by Gasteiger charge is -2.35. The van der Waals surface area contributed by atoms with E-state index < -0.39 is 0 Å². The first-order valence-corrected chi connectivity index (χ1v) is 10.3. The van der Waals surface area contributed by atoms with Gasteiger partial charge in [-0.1, -0.05) is 11.6 Å². The molecule has 2 aliphatic heterocycles. The van der Waals surface area contributed by atoms with Crippen LogP contribution in [0.5, 0.6) is 0 Å². The zero-order chi connectivity index (χ0) is 19.2. The molecular weight excluding hydrogens is 392 g/mol. The van der Waals surface area contributed by atoms with Gasteiger partial charge in [0.2, 0.25) is 11.8 Å². The number of likely N-dealkylation sites (tertiary alicyclic amines) is 1. The van der Waals surface area contributed by atoms with Crippen molar-refractivity contribution in [1.82, 2.24) is 14.8 Å². The molecule has 1 aromatic rings. The maximum absolute atomic E-state index is 12.3. The number of thioether (sulfide) groups is 1. The number of nitrogens with one attached hydrogen (secondary N) is 1. The standard InChI is InChI=1S/C17H21ClN4O4S/c18-12-1-2-14(19-9-12)20-15(23)10-27-11-16(24)21-5-3-13(4-6-21)22-7-8-26-17(22)25/h1-2,9,13H,3-8,10-11H2,(H,19,20,23). The summed E-state index contributed by atoms with van der Waals surface area (Å²) in [6.07, 6.45) is 2.72. The van der Waals surface area contributed by atoms with E-state index in [-0.39, 0.29) is 35.5 Å². The number of ether oxygens (including phenoxy) is 1. The second kappa shape index (κ2) is 9.27. The summed E-state index contributed by atoms with van der Waals surface area (Å²) >= 11 is 7.02. The van der Waals surface area contributed by atoms with E-state index in [1.807, 2.05) is 0 Å². The van der Waals surface area contributed by atoms with Crippen molar-refractivity contribution < 1.29 is 19.1 Å². The SMILES string of the molecule is O=C(CSCC(=O)N1CCC(N2CCOC2=O)CC1)Nc1ccc(Cl)cn1. The van der Waals surface area contributed by atoms with E-state index in [0.717, 1.165) is 12.8 Å². The predicted octanol–water partition coefficient (Wildman–Crippen LogP) is 1.85. The van der Waals surface area contributed by atoms with Gasteiger partial charge >= 0.3 is 6.09 Å². The van der Waals surface area contributed by atoms with Gasteiger partial charge in [0, 0.05) is 25.3 Å². The number of hydrogen-bond acceptors (Lipinski definition) is 6. The number of anilines is 1. The molecule has 0 atom stereocenters. The maximum Gasteiger partial charge on any atom is 0.410 e. The van der Waals surface area contributed by atoms with E-state index in [1.165, 1.54) is 18.0 Å². The third-order valence-corrected chi connectivity index (χ3v) is 5.64. The summed E-state index contributed by atoms with van der Waals surface area (Å²) in [5.41, 5.74) is 0. The van der Waals surface area contributed by atoms with E-state index in [2.05, 4.69) is 10.3 Å². The fourth-order valence-electron chi connectivity index (χ4n) is 3.12. The molecule has 0 aliphatic carbocycles. The van der Waals surface area contributed by atoms with Crippen LogP contribution in [0.3, 0.4) is 0 Å². The highest BCUT2D eigenvalue weighted by Crippen LogP contribution is 2.20. The molecule has 3 heterocycles. The minimum Gasteiger partial charge on any atom is -0.448 e. The Hall–Kier alpha value is -2.00. The summed E-state index contributed by atoms with van der Waals surface area (Å²) in [4.78, 5) is 43.4. The molecule has 0 unspecified atom stereocenters. The van der Waals surface area contributed by atoms with Gasteiger partial charge in [-0.15, -0.1) is 11.8 Å². The average molecular weight is 413 g/mol. The van der Waals surface area contributed by atoms with Crippen molar-refractivity contribution in [2.24, 2.45) is 0 Å². The average Bonchev–Trinajstić information content (AvgIpc) is 3.09. The van der Waals surface area contributed by atoms with Crippen LogP contribution < -0.4 is 5.32 Å². The Labute approximate surface area is 166 Å². The fourth-order valence-corrected chi connectivity index (χ4v) is 3.94. The molecule has 27 heavy (non-hydrogen) atoms.